The first-order chi connectivity index (χ1) is 16.7. The Morgan fingerprint density at radius 1 is 0.882 bits per heavy atom. The van der Waals surface area contributed by atoms with Crippen LogP contribution in [0.5, 0.6) is 0 Å². The van der Waals surface area contributed by atoms with Crippen LogP contribution >= 0.6 is 11.8 Å². The molecule has 2 saturated heterocycles. The second-order valence-electron chi connectivity index (χ2n) is 9.03. The third-order valence-electron chi connectivity index (χ3n) is 6.66. The van der Waals surface area contributed by atoms with E-state index >= 15 is 0 Å². The summed E-state index contributed by atoms with van der Waals surface area (Å²) >= 11 is 1.64. The van der Waals surface area contributed by atoms with E-state index in [1.807, 2.05) is 6.07 Å². The minimum atomic E-state index is 0.0104. The molecular weight excluding hydrogens is 442 g/mol. The van der Waals surface area contributed by atoms with Gasteiger partial charge in [0, 0.05) is 62.2 Å². The van der Waals surface area contributed by atoms with Crippen LogP contribution in [0.15, 0.2) is 76.9 Å². The number of hydrogen-bond acceptors (Lipinski definition) is 6. The average Bonchev–Trinajstić information content (AvgIpc) is 2.90. The summed E-state index contributed by atoms with van der Waals surface area (Å²) in [5.74, 6) is 1.18. The van der Waals surface area contributed by atoms with Crippen molar-refractivity contribution in [3.63, 3.8) is 0 Å². The zero-order valence-corrected chi connectivity index (χ0v) is 20.5. The molecule has 34 heavy (non-hydrogen) atoms. The zero-order valence-electron chi connectivity index (χ0n) is 19.6. The molecule has 6 nitrogen and oxygen atoms in total. The molecule has 7 heteroatoms. The molecule has 5 rings (SSSR count). The van der Waals surface area contributed by atoms with E-state index in [0.717, 1.165) is 61.3 Å². The Morgan fingerprint density at radius 2 is 1.62 bits per heavy atom. The van der Waals surface area contributed by atoms with Gasteiger partial charge in [0.2, 0.25) is 5.91 Å². The number of carbonyl (C=O) groups excluding carboxylic acids is 1. The molecule has 1 unspecified atom stereocenters. The Bertz CT molecular complexity index is 1100. The summed E-state index contributed by atoms with van der Waals surface area (Å²) in [5.41, 5.74) is 2.48. The molecule has 0 bridgehead atoms. The standard InChI is InChI=1S/C27H31N5OS/c1-21-9-11-24(12-10-21)34-26-25(28-13-14-29-26)32-15-5-6-22(20-32)27(33)31-18-16-30(17-19-31)23-7-3-2-4-8-23/h2-4,7-14,22H,5-6,15-20H2,1H3. The van der Waals surface area contributed by atoms with Gasteiger partial charge in [-0.2, -0.15) is 0 Å². The van der Waals surface area contributed by atoms with Crippen LogP contribution in [-0.4, -0.2) is 60.0 Å². The third kappa shape index (κ3) is 5.20. The van der Waals surface area contributed by atoms with Crippen molar-refractivity contribution >= 4 is 29.2 Å². The van der Waals surface area contributed by atoms with E-state index in [-0.39, 0.29) is 11.8 Å². The Labute approximate surface area is 206 Å². The number of nitrogens with zero attached hydrogens (tertiary/aromatic N) is 5. The molecule has 0 aliphatic carbocycles. The van der Waals surface area contributed by atoms with Gasteiger partial charge in [0.05, 0.1) is 5.92 Å². The molecule has 1 aromatic heterocycles. The minimum absolute atomic E-state index is 0.0104. The molecule has 0 saturated carbocycles. The van der Waals surface area contributed by atoms with E-state index in [4.69, 9.17) is 0 Å². The highest BCUT2D eigenvalue weighted by atomic mass is 32.2. The van der Waals surface area contributed by atoms with Crippen LogP contribution in [0.2, 0.25) is 0 Å². The van der Waals surface area contributed by atoms with Crippen LogP contribution in [-0.2, 0) is 4.79 Å². The van der Waals surface area contributed by atoms with Crippen molar-refractivity contribution in [3.8, 4) is 0 Å². The Morgan fingerprint density at radius 3 is 2.38 bits per heavy atom. The van der Waals surface area contributed by atoms with Crippen molar-refractivity contribution in [3.05, 3.63) is 72.6 Å². The number of carbonyl (C=O) groups is 1. The van der Waals surface area contributed by atoms with Gasteiger partial charge in [-0.05, 0) is 44.0 Å². The number of piperidine rings is 1. The SMILES string of the molecule is Cc1ccc(Sc2nccnc2N2CCCC(C(=O)N3CCN(c4ccccc4)CC3)C2)cc1. The Hall–Kier alpha value is -3.06. The summed E-state index contributed by atoms with van der Waals surface area (Å²) in [6, 6.07) is 18.9. The van der Waals surface area contributed by atoms with Crippen molar-refractivity contribution < 1.29 is 4.79 Å². The van der Waals surface area contributed by atoms with Gasteiger partial charge in [-0.3, -0.25) is 4.79 Å². The van der Waals surface area contributed by atoms with Crippen LogP contribution < -0.4 is 9.80 Å². The van der Waals surface area contributed by atoms with Gasteiger partial charge in [0.1, 0.15) is 5.03 Å². The van der Waals surface area contributed by atoms with E-state index in [1.165, 1.54) is 11.3 Å². The monoisotopic (exact) mass is 473 g/mol. The van der Waals surface area contributed by atoms with E-state index in [2.05, 4.69) is 80.1 Å². The highest BCUT2D eigenvalue weighted by molar-refractivity contribution is 7.99. The molecule has 1 amide bonds. The maximum Gasteiger partial charge on any atom is 0.227 e. The number of benzene rings is 2. The predicted octanol–water partition coefficient (Wildman–Crippen LogP) is 4.50. The lowest BCUT2D eigenvalue weighted by Crippen LogP contribution is -2.52. The Balaban J connectivity index is 1.23. The maximum absolute atomic E-state index is 13.4. The number of aryl methyl sites for hydroxylation is 1. The second kappa shape index (κ2) is 10.5. The Kier molecular flexibility index (Phi) is 7.00. The molecule has 0 radical (unpaired) electrons. The fraction of sp³-hybridized carbons (Fsp3) is 0.370. The van der Waals surface area contributed by atoms with Crippen LogP contribution in [0.25, 0.3) is 0 Å². The molecule has 0 N–H and O–H groups in total. The summed E-state index contributed by atoms with van der Waals surface area (Å²) in [4.78, 5) is 30.6. The van der Waals surface area contributed by atoms with Crippen molar-refractivity contribution in [1.82, 2.24) is 14.9 Å². The lowest BCUT2D eigenvalue weighted by molar-refractivity contribution is -0.136. The van der Waals surface area contributed by atoms with Gasteiger partial charge in [-0.25, -0.2) is 9.97 Å². The van der Waals surface area contributed by atoms with Gasteiger partial charge < -0.3 is 14.7 Å². The first-order valence-corrected chi connectivity index (χ1v) is 12.9. The smallest absolute Gasteiger partial charge is 0.227 e. The maximum atomic E-state index is 13.4. The number of anilines is 2. The molecule has 3 heterocycles. The summed E-state index contributed by atoms with van der Waals surface area (Å²) in [5, 5.41) is 0.899. The van der Waals surface area contributed by atoms with Gasteiger partial charge in [0.25, 0.3) is 0 Å². The topological polar surface area (TPSA) is 52.6 Å². The molecule has 2 fully saturated rings. The zero-order chi connectivity index (χ0) is 23.3. The van der Waals surface area contributed by atoms with Gasteiger partial charge in [0.15, 0.2) is 5.82 Å². The minimum Gasteiger partial charge on any atom is -0.368 e. The predicted molar refractivity (Wildman–Crippen MR) is 138 cm³/mol. The number of amides is 1. The third-order valence-corrected chi connectivity index (χ3v) is 7.65. The molecule has 3 aromatic rings. The highest BCUT2D eigenvalue weighted by Crippen LogP contribution is 2.34. The fourth-order valence-electron chi connectivity index (χ4n) is 4.78. The van der Waals surface area contributed by atoms with Crippen LogP contribution in [0.1, 0.15) is 18.4 Å². The molecular formula is C27H31N5OS. The summed E-state index contributed by atoms with van der Waals surface area (Å²) in [6.07, 6.45) is 5.43. The van der Waals surface area contributed by atoms with Gasteiger partial charge >= 0.3 is 0 Å². The first-order valence-electron chi connectivity index (χ1n) is 12.1. The van der Waals surface area contributed by atoms with Crippen molar-refractivity contribution in [1.29, 1.82) is 0 Å². The van der Waals surface area contributed by atoms with E-state index < -0.39 is 0 Å². The van der Waals surface area contributed by atoms with Crippen molar-refractivity contribution in [2.45, 2.75) is 29.7 Å². The van der Waals surface area contributed by atoms with E-state index in [9.17, 15) is 4.79 Å². The molecule has 2 aromatic carbocycles. The largest absolute Gasteiger partial charge is 0.368 e. The van der Waals surface area contributed by atoms with Gasteiger partial charge in [-0.15, -0.1) is 0 Å². The van der Waals surface area contributed by atoms with E-state index in [1.54, 1.807) is 24.2 Å². The first kappa shape index (κ1) is 22.7. The average molecular weight is 474 g/mol. The number of hydrogen-bond donors (Lipinski definition) is 0. The number of piperazine rings is 1. The van der Waals surface area contributed by atoms with Gasteiger partial charge in [-0.1, -0.05) is 47.7 Å². The van der Waals surface area contributed by atoms with Crippen LogP contribution in [0.3, 0.4) is 0 Å². The highest BCUT2D eigenvalue weighted by Gasteiger charge is 2.32. The van der Waals surface area contributed by atoms with Crippen LogP contribution in [0, 0.1) is 12.8 Å². The molecule has 176 valence electrons. The molecule has 2 aliphatic heterocycles. The molecule has 1 atom stereocenters. The fourth-order valence-corrected chi connectivity index (χ4v) is 5.66. The lowest BCUT2D eigenvalue weighted by atomic mass is 9.96. The normalized spacial score (nSPS) is 18.7. The summed E-state index contributed by atoms with van der Waals surface area (Å²) < 4.78 is 0. The second-order valence-corrected chi connectivity index (χ2v) is 10.1. The number of rotatable bonds is 5. The molecule has 2 aliphatic rings. The quantitative estimate of drug-likeness (QED) is 0.544. The number of para-hydroxylation sites is 1. The lowest BCUT2D eigenvalue weighted by Gasteiger charge is -2.40. The number of aromatic nitrogens is 2. The molecule has 0 spiro atoms. The van der Waals surface area contributed by atoms with Crippen LogP contribution in [0.4, 0.5) is 11.5 Å². The van der Waals surface area contributed by atoms with Crippen molar-refractivity contribution in [2.24, 2.45) is 5.92 Å². The van der Waals surface area contributed by atoms with Crippen molar-refractivity contribution in [2.75, 3.05) is 49.1 Å². The summed E-state index contributed by atoms with van der Waals surface area (Å²) in [6.45, 7) is 7.04. The van der Waals surface area contributed by atoms with E-state index in [0.29, 0.717) is 6.54 Å². The summed E-state index contributed by atoms with van der Waals surface area (Å²) in [7, 11) is 0.